The van der Waals surface area contributed by atoms with Crippen LogP contribution in [-0.4, -0.2) is 86.2 Å². The number of fused-ring (bicyclic) bond motifs is 1. The van der Waals surface area contributed by atoms with Crippen LogP contribution in [0.3, 0.4) is 0 Å². The number of carboxylic acid groups (broad SMARTS) is 1. The molecule has 1 saturated heterocycles. The van der Waals surface area contributed by atoms with Gasteiger partial charge in [0.2, 0.25) is 15.9 Å². The molecule has 2 aliphatic heterocycles. The number of nitrogens with one attached hydrogen (secondary N) is 5. The Morgan fingerprint density at radius 2 is 1.81 bits per heavy atom. The van der Waals surface area contributed by atoms with Gasteiger partial charge in [0.1, 0.15) is 17.0 Å². The highest BCUT2D eigenvalue weighted by molar-refractivity contribution is 7.97. The monoisotopic (exact) mass is 786 g/mol. The number of sulfonamides is 1. The topological polar surface area (TPSA) is 195 Å². The van der Waals surface area contributed by atoms with Gasteiger partial charge in [0.25, 0.3) is 5.91 Å². The maximum Gasteiger partial charge on any atom is 0.326 e. The summed E-state index contributed by atoms with van der Waals surface area (Å²) in [5, 5.41) is 18.5. The molecule has 6 N–H and O–H groups in total. The fraction of sp³-hybridized carbons (Fsp3) is 0.389. The first kappa shape index (κ1) is 40.0. The minimum atomic E-state index is -4.01. The Hall–Kier alpha value is -4.19. The highest BCUT2D eigenvalue weighted by atomic mass is 35.5. The zero-order valence-electron chi connectivity index (χ0n) is 29.3. The smallest absolute Gasteiger partial charge is 0.326 e. The standard InChI is InChI=1S/C36H43ClN6O8S2/c1-3-51-36(48)28(40-22(2)34(45)43-17-7-10-29(43)35(46)47)21-38-33(44)25-14-11-24(12-15-25)20-39-53(49,50)31-19-30-27(18-26(31)37)41-32(42-52-30)16-13-23-8-5-4-6-9-23/h4-6,8-9,11-12,14-15,18-19,22,28-29,32,39-42H,3,7,10,13,16-17,20-21H2,1-2H3,(H,38,44)(H,46,47)/t22-,28?,29-,32?/m0/s1. The number of aliphatic carboxylic acids is 1. The van der Waals surface area contributed by atoms with Gasteiger partial charge in [-0.3, -0.25) is 19.7 Å². The number of nitrogens with zero attached hydrogens (tertiary/aromatic N) is 1. The predicted octanol–water partition coefficient (Wildman–Crippen LogP) is 3.51. The summed E-state index contributed by atoms with van der Waals surface area (Å²) in [6.07, 6.45) is 2.57. The van der Waals surface area contributed by atoms with Crippen LogP contribution in [0.5, 0.6) is 0 Å². The highest BCUT2D eigenvalue weighted by Gasteiger charge is 2.37. The van der Waals surface area contributed by atoms with E-state index in [9.17, 15) is 32.7 Å². The fourth-order valence-electron chi connectivity index (χ4n) is 6.07. The number of carbonyl (C=O) groups is 4. The zero-order valence-corrected chi connectivity index (χ0v) is 31.7. The Morgan fingerprint density at radius 3 is 2.51 bits per heavy atom. The van der Waals surface area contributed by atoms with Crippen molar-refractivity contribution in [2.75, 3.05) is 25.0 Å². The third-order valence-electron chi connectivity index (χ3n) is 8.89. The fourth-order valence-corrected chi connectivity index (χ4v) is 8.56. The van der Waals surface area contributed by atoms with E-state index < -0.39 is 51.9 Å². The number of halogens is 1. The van der Waals surface area contributed by atoms with Crippen LogP contribution in [-0.2, 0) is 42.1 Å². The summed E-state index contributed by atoms with van der Waals surface area (Å²) in [5.74, 6) is -2.75. The first-order valence-corrected chi connectivity index (χ1v) is 19.9. The molecule has 4 atom stereocenters. The highest BCUT2D eigenvalue weighted by Crippen LogP contribution is 2.37. The number of hydrogen-bond acceptors (Lipinski definition) is 11. The van der Waals surface area contributed by atoms with Gasteiger partial charge in [-0.25, -0.2) is 22.7 Å². The number of anilines is 1. The Kier molecular flexibility index (Phi) is 13.8. The van der Waals surface area contributed by atoms with Crippen molar-refractivity contribution in [3.8, 4) is 0 Å². The molecule has 0 aliphatic carbocycles. The van der Waals surface area contributed by atoms with E-state index in [2.05, 4.69) is 37.5 Å². The number of hydrogen-bond donors (Lipinski definition) is 6. The maximum absolute atomic E-state index is 13.3. The Bertz CT molecular complexity index is 1900. The minimum Gasteiger partial charge on any atom is -0.480 e. The van der Waals surface area contributed by atoms with Crippen molar-refractivity contribution in [3.05, 3.63) is 88.4 Å². The van der Waals surface area contributed by atoms with Crippen molar-refractivity contribution < 1.29 is 37.4 Å². The maximum atomic E-state index is 13.3. The van der Waals surface area contributed by atoms with Crippen molar-refractivity contribution >= 4 is 63.0 Å². The second kappa shape index (κ2) is 18.2. The minimum absolute atomic E-state index is 0.0283. The van der Waals surface area contributed by atoms with Crippen LogP contribution in [0.15, 0.2) is 76.5 Å². The SMILES string of the molecule is CCOC(=O)C(CNC(=O)c1ccc(CNS(=O)(=O)c2cc3c(cc2Cl)NC(CCc2ccccc2)NS3)cc1)N[C@@H](C)C(=O)N1CCC[C@H]1C(=O)O. The number of carbonyl (C=O) groups excluding carboxylic acids is 3. The van der Waals surface area contributed by atoms with Crippen LogP contribution in [0.25, 0.3) is 0 Å². The number of carboxylic acids is 1. The summed E-state index contributed by atoms with van der Waals surface area (Å²) >= 11 is 7.82. The summed E-state index contributed by atoms with van der Waals surface area (Å²) in [5.41, 5.74) is 2.80. The largest absolute Gasteiger partial charge is 0.480 e. The molecule has 14 nitrogen and oxygen atoms in total. The molecule has 0 bridgehead atoms. The lowest BCUT2D eigenvalue weighted by Gasteiger charge is -2.28. The van der Waals surface area contributed by atoms with Crippen molar-refractivity contribution in [2.24, 2.45) is 0 Å². The number of amides is 2. The molecule has 0 spiro atoms. The van der Waals surface area contributed by atoms with E-state index in [1.54, 1.807) is 25.1 Å². The van der Waals surface area contributed by atoms with Crippen molar-refractivity contribution in [1.82, 2.24) is 25.0 Å². The van der Waals surface area contributed by atoms with E-state index in [1.165, 1.54) is 47.5 Å². The van der Waals surface area contributed by atoms with Gasteiger partial charge in [0.15, 0.2) is 0 Å². The Morgan fingerprint density at radius 1 is 1.08 bits per heavy atom. The quantitative estimate of drug-likeness (QED) is 0.0916. The molecule has 284 valence electrons. The van der Waals surface area contributed by atoms with E-state index in [-0.39, 0.29) is 41.3 Å². The molecule has 0 aromatic heterocycles. The number of benzene rings is 3. The molecule has 0 saturated carbocycles. The van der Waals surface area contributed by atoms with Gasteiger partial charge < -0.3 is 25.4 Å². The van der Waals surface area contributed by atoms with Gasteiger partial charge in [-0.05, 0) is 86.9 Å². The van der Waals surface area contributed by atoms with E-state index >= 15 is 0 Å². The first-order valence-electron chi connectivity index (χ1n) is 17.3. The number of ether oxygens (including phenoxy) is 1. The lowest BCUT2D eigenvalue weighted by Crippen LogP contribution is -2.56. The predicted molar refractivity (Wildman–Crippen MR) is 201 cm³/mol. The normalized spacial score (nSPS) is 18.0. The van der Waals surface area contributed by atoms with Crippen LogP contribution >= 0.6 is 23.5 Å². The van der Waals surface area contributed by atoms with Gasteiger partial charge >= 0.3 is 11.9 Å². The van der Waals surface area contributed by atoms with E-state index in [1.807, 2.05) is 18.2 Å². The molecule has 2 aliphatic rings. The molecule has 5 rings (SSSR count). The Labute approximate surface area is 317 Å². The van der Waals surface area contributed by atoms with Gasteiger partial charge in [0, 0.05) is 30.1 Å². The molecular formula is C36H43ClN6O8S2. The van der Waals surface area contributed by atoms with Crippen LogP contribution < -0.4 is 25.4 Å². The molecule has 3 aromatic rings. The summed E-state index contributed by atoms with van der Waals surface area (Å²) in [7, 11) is -4.01. The first-order chi connectivity index (χ1) is 25.4. The average Bonchev–Trinajstić information content (AvgIpc) is 3.65. The van der Waals surface area contributed by atoms with Crippen molar-refractivity contribution in [1.29, 1.82) is 0 Å². The molecule has 2 amide bonds. The molecular weight excluding hydrogens is 744 g/mol. The zero-order chi connectivity index (χ0) is 38.1. The number of likely N-dealkylation sites (tertiary alicyclic amines) is 1. The third kappa shape index (κ3) is 10.5. The molecule has 2 heterocycles. The molecule has 0 radical (unpaired) electrons. The van der Waals surface area contributed by atoms with Gasteiger partial charge in [0.05, 0.1) is 29.5 Å². The number of aryl methyl sites for hydroxylation is 1. The number of esters is 1. The summed E-state index contributed by atoms with van der Waals surface area (Å²) < 4.78 is 37.6. The summed E-state index contributed by atoms with van der Waals surface area (Å²) in [4.78, 5) is 52.2. The van der Waals surface area contributed by atoms with Crippen LogP contribution in [0.2, 0.25) is 5.02 Å². The molecule has 17 heteroatoms. The lowest BCUT2D eigenvalue weighted by molar-refractivity contribution is -0.150. The van der Waals surface area contributed by atoms with Gasteiger partial charge in [-0.15, -0.1) is 0 Å². The molecule has 53 heavy (non-hydrogen) atoms. The second-order valence-corrected chi connectivity index (χ2v) is 15.7. The van der Waals surface area contributed by atoms with Gasteiger partial charge in [-0.1, -0.05) is 54.1 Å². The van der Waals surface area contributed by atoms with E-state index in [0.717, 1.165) is 18.5 Å². The van der Waals surface area contributed by atoms with Crippen LogP contribution in [0, 0.1) is 0 Å². The molecule has 2 unspecified atom stereocenters. The molecule has 1 fully saturated rings. The van der Waals surface area contributed by atoms with Crippen LogP contribution in [0.1, 0.15) is 54.6 Å². The summed E-state index contributed by atoms with van der Waals surface area (Å²) in [6, 6.07) is 16.6. The van der Waals surface area contributed by atoms with Gasteiger partial charge in [-0.2, -0.15) is 0 Å². The third-order valence-corrected chi connectivity index (χ3v) is 11.7. The number of rotatable bonds is 16. The lowest BCUT2D eigenvalue weighted by atomic mass is 10.1. The van der Waals surface area contributed by atoms with E-state index in [0.29, 0.717) is 29.8 Å². The summed E-state index contributed by atoms with van der Waals surface area (Å²) in [6.45, 7) is 3.25. The average molecular weight is 787 g/mol. The second-order valence-electron chi connectivity index (χ2n) is 12.7. The van der Waals surface area contributed by atoms with Crippen molar-refractivity contribution in [2.45, 2.75) is 80.2 Å². The van der Waals surface area contributed by atoms with E-state index in [4.69, 9.17) is 16.3 Å². The molecule has 3 aromatic carbocycles. The van der Waals surface area contributed by atoms with Crippen molar-refractivity contribution in [3.63, 3.8) is 0 Å². The van der Waals surface area contributed by atoms with Crippen LogP contribution in [0.4, 0.5) is 5.69 Å². The Balaban J connectivity index is 1.14.